The summed E-state index contributed by atoms with van der Waals surface area (Å²) in [6.07, 6.45) is -0.639. The number of piperazine rings is 1. The van der Waals surface area contributed by atoms with E-state index >= 15 is 0 Å². The Morgan fingerprint density at radius 2 is 1.68 bits per heavy atom. The van der Waals surface area contributed by atoms with Crippen LogP contribution in [0.4, 0.5) is 16.2 Å². The van der Waals surface area contributed by atoms with Crippen molar-refractivity contribution in [3.05, 3.63) is 24.3 Å². The molecule has 1 heterocycles. The van der Waals surface area contributed by atoms with E-state index in [0.717, 1.165) is 24.5 Å². The molecule has 1 amide bonds. The van der Waals surface area contributed by atoms with Gasteiger partial charge in [-0.3, -0.25) is 0 Å². The van der Waals surface area contributed by atoms with Crippen LogP contribution in [0, 0.1) is 0 Å². The molecule has 6 heteroatoms. The molecule has 6 nitrogen and oxygen atoms in total. The molecule has 2 unspecified atom stereocenters. The van der Waals surface area contributed by atoms with Gasteiger partial charge in [-0.05, 0) is 58.9 Å². The zero-order valence-corrected chi connectivity index (χ0v) is 16.0. The molecule has 2 rings (SSSR count). The fraction of sp³-hybridized carbons (Fsp3) is 0.632. The van der Waals surface area contributed by atoms with Crippen LogP contribution < -0.4 is 10.2 Å². The first-order chi connectivity index (χ1) is 11.7. The maximum absolute atomic E-state index is 12.1. The summed E-state index contributed by atoms with van der Waals surface area (Å²) >= 11 is 0. The quantitative estimate of drug-likeness (QED) is 0.875. The summed E-state index contributed by atoms with van der Waals surface area (Å²) < 4.78 is 5.43. The summed E-state index contributed by atoms with van der Waals surface area (Å²) in [5.41, 5.74) is 1.67. The molecule has 0 aliphatic carbocycles. The number of hydrogen-bond acceptors (Lipinski definition) is 5. The number of rotatable bonds is 4. The minimum absolute atomic E-state index is 0.00298. The number of hydrogen-bond donors (Lipinski definition) is 2. The number of aliphatic hydroxyl groups excluding tert-OH is 1. The van der Waals surface area contributed by atoms with E-state index in [1.807, 2.05) is 39.8 Å². The lowest BCUT2D eigenvalue weighted by molar-refractivity contribution is 0.0240. The van der Waals surface area contributed by atoms with Crippen LogP contribution in [0.5, 0.6) is 0 Å². The van der Waals surface area contributed by atoms with Gasteiger partial charge in [-0.15, -0.1) is 0 Å². The van der Waals surface area contributed by atoms with Gasteiger partial charge < -0.3 is 25.0 Å². The van der Waals surface area contributed by atoms with Crippen LogP contribution in [0.15, 0.2) is 24.3 Å². The molecule has 25 heavy (non-hydrogen) atoms. The third kappa shape index (κ3) is 5.81. The first kappa shape index (κ1) is 19.4. The van der Waals surface area contributed by atoms with Crippen LogP contribution >= 0.6 is 0 Å². The average molecular weight is 349 g/mol. The first-order valence-electron chi connectivity index (χ1n) is 8.93. The van der Waals surface area contributed by atoms with Gasteiger partial charge in [-0.2, -0.15) is 0 Å². The summed E-state index contributed by atoms with van der Waals surface area (Å²) in [7, 11) is 0. The number of benzene rings is 1. The van der Waals surface area contributed by atoms with Gasteiger partial charge in [0.1, 0.15) is 5.60 Å². The minimum atomic E-state index is -0.458. The van der Waals surface area contributed by atoms with Crippen LogP contribution in [0.1, 0.15) is 34.6 Å². The number of anilines is 2. The second-order valence-corrected chi connectivity index (χ2v) is 7.67. The van der Waals surface area contributed by atoms with Gasteiger partial charge >= 0.3 is 6.09 Å². The Morgan fingerprint density at radius 3 is 2.16 bits per heavy atom. The van der Waals surface area contributed by atoms with Crippen molar-refractivity contribution in [1.82, 2.24) is 4.90 Å². The van der Waals surface area contributed by atoms with Gasteiger partial charge in [-0.1, -0.05) is 0 Å². The summed E-state index contributed by atoms with van der Waals surface area (Å²) in [6, 6.07) is 8.19. The molecule has 1 aromatic rings. The maximum atomic E-state index is 12.1. The maximum Gasteiger partial charge on any atom is 0.410 e. The van der Waals surface area contributed by atoms with Crippen LogP contribution in [0.3, 0.4) is 0 Å². The Morgan fingerprint density at radius 1 is 1.12 bits per heavy atom. The highest BCUT2D eigenvalue weighted by molar-refractivity contribution is 5.68. The van der Waals surface area contributed by atoms with E-state index in [0.29, 0.717) is 13.1 Å². The molecule has 1 fully saturated rings. The zero-order valence-electron chi connectivity index (χ0n) is 16.0. The molecule has 0 spiro atoms. The molecule has 0 saturated carbocycles. The SMILES string of the molecule is CC(O)C(C)Nc1ccc(N2CCN(C(=O)OC(C)(C)C)CC2)cc1. The minimum Gasteiger partial charge on any atom is -0.444 e. The van der Waals surface area contributed by atoms with Crippen molar-refractivity contribution in [2.75, 3.05) is 36.4 Å². The van der Waals surface area contributed by atoms with Crippen molar-refractivity contribution in [1.29, 1.82) is 0 Å². The van der Waals surface area contributed by atoms with Crippen molar-refractivity contribution < 1.29 is 14.6 Å². The van der Waals surface area contributed by atoms with Crippen molar-refractivity contribution in [3.63, 3.8) is 0 Å². The zero-order chi connectivity index (χ0) is 18.6. The van der Waals surface area contributed by atoms with Crippen LogP contribution in [0.2, 0.25) is 0 Å². The van der Waals surface area contributed by atoms with Crippen LogP contribution in [-0.2, 0) is 4.74 Å². The van der Waals surface area contributed by atoms with Crippen molar-refractivity contribution in [2.45, 2.75) is 52.4 Å². The average Bonchev–Trinajstić information content (AvgIpc) is 2.54. The van der Waals surface area contributed by atoms with Crippen LogP contribution in [0.25, 0.3) is 0 Å². The Kier molecular flexibility index (Phi) is 6.16. The van der Waals surface area contributed by atoms with E-state index < -0.39 is 11.7 Å². The second kappa shape index (κ2) is 7.95. The standard InChI is InChI=1S/C19H31N3O3/c1-14(15(2)23)20-16-6-8-17(9-7-16)21-10-12-22(13-11-21)18(24)25-19(3,4)5/h6-9,14-15,20,23H,10-13H2,1-5H3. The lowest BCUT2D eigenvalue weighted by Crippen LogP contribution is -2.50. The fourth-order valence-electron chi connectivity index (χ4n) is 2.63. The highest BCUT2D eigenvalue weighted by atomic mass is 16.6. The lowest BCUT2D eigenvalue weighted by atomic mass is 10.2. The van der Waals surface area contributed by atoms with Crippen molar-refractivity contribution >= 4 is 17.5 Å². The van der Waals surface area contributed by atoms with E-state index in [-0.39, 0.29) is 12.1 Å². The van der Waals surface area contributed by atoms with Gasteiger partial charge in [0.15, 0.2) is 0 Å². The molecular weight excluding hydrogens is 318 g/mol. The number of nitrogens with one attached hydrogen (secondary N) is 1. The summed E-state index contributed by atoms with van der Waals surface area (Å²) in [6.45, 7) is 12.3. The molecule has 1 aliphatic heterocycles. The normalized spacial score (nSPS) is 17.8. The van der Waals surface area contributed by atoms with E-state index in [9.17, 15) is 9.90 Å². The Bertz CT molecular complexity index is 558. The van der Waals surface area contributed by atoms with E-state index in [1.54, 1.807) is 11.8 Å². The summed E-state index contributed by atoms with van der Waals surface area (Å²) in [5, 5.41) is 12.8. The Labute approximate surface area is 150 Å². The monoisotopic (exact) mass is 349 g/mol. The molecule has 140 valence electrons. The number of ether oxygens (including phenoxy) is 1. The number of carbonyl (C=O) groups excluding carboxylic acids is 1. The van der Waals surface area contributed by atoms with E-state index in [4.69, 9.17) is 4.74 Å². The van der Waals surface area contributed by atoms with Crippen LogP contribution in [-0.4, -0.2) is 60.0 Å². The molecule has 2 atom stereocenters. The first-order valence-corrected chi connectivity index (χ1v) is 8.93. The highest BCUT2D eigenvalue weighted by Gasteiger charge is 2.25. The van der Waals surface area contributed by atoms with Gasteiger partial charge in [0.2, 0.25) is 0 Å². The van der Waals surface area contributed by atoms with Crippen molar-refractivity contribution in [2.24, 2.45) is 0 Å². The predicted molar refractivity (Wildman–Crippen MR) is 101 cm³/mol. The second-order valence-electron chi connectivity index (χ2n) is 7.67. The Balaban J connectivity index is 1.87. The molecule has 1 aliphatic rings. The molecule has 2 N–H and O–H groups in total. The number of amides is 1. The van der Waals surface area contributed by atoms with Gasteiger partial charge in [0, 0.05) is 43.6 Å². The fourth-order valence-corrected chi connectivity index (χ4v) is 2.63. The number of carbonyl (C=O) groups is 1. The highest BCUT2D eigenvalue weighted by Crippen LogP contribution is 2.21. The topological polar surface area (TPSA) is 65.0 Å². The summed E-state index contributed by atoms with van der Waals surface area (Å²) in [4.78, 5) is 16.1. The van der Waals surface area contributed by atoms with Gasteiger partial charge in [0.25, 0.3) is 0 Å². The molecule has 1 saturated heterocycles. The van der Waals surface area contributed by atoms with E-state index in [1.165, 1.54) is 0 Å². The lowest BCUT2D eigenvalue weighted by Gasteiger charge is -2.36. The van der Waals surface area contributed by atoms with Gasteiger partial charge in [-0.25, -0.2) is 4.79 Å². The summed E-state index contributed by atoms with van der Waals surface area (Å²) in [5.74, 6) is 0. The largest absolute Gasteiger partial charge is 0.444 e. The number of nitrogens with zero attached hydrogens (tertiary/aromatic N) is 2. The molecule has 1 aromatic carbocycles. The Hall–Kier alpha value is -1.95. The van der Waals surface area contributed by atoms with Crippen molar-refractivity contribution in [3.8, 4) is 0 Å². The molecule has 0 radical (unpaired) electrons. The third-order valence-electron chi connectivity index (χ3n) is 4.28. The predicted octanol–water partition coefficient (Wildman–Crippen LogP) is 2.92. The van der Waals surface area contributed by atoms with Gasteiger partial charge in [0.05, 0.1) is 6.10 Å². The molecule has 0 aromatic heterocycles. The number of aliphatic hydroxyl groups is 1. The third-order valence-corrected chi connectivity index (χ3v) is 4.28. The smallest absolute Gasteiger partial charge is 0.410 e. The molecular formula is C19H31N3O3. The van der Waals surface area contributed by atoms with E-state index in [2.05, 4.69) is 22.3 Å². The molecule has 0 bridgehead atoms.